The molecule has 2 heterocycles. The summed E-state index contributed by atoms with van der Waals surface area (Å²) >= 11 is 0. The van der Waals surface area contributed by atoms with E-state index in [1.165, 1.54) is 41.5 Å². The number of hydrogen-bond donors (Lipinski definition) is 1. The number of anilines is 1. The van der Waals surface area contributed by atoms with Crippen LogP contribution < -0.4 is 10.2 Å². The van der Waals surface area contributed by atoms with Crippen LogP contribution in [0.4, 0.5) is 5.69 Å². The van der Waals surface area contributed by atoms with Crippen LogP contribution >= 0.6 is 0 Å². The number of nitrogens with one attached hydrogen (secondary N) is 1. The molecule has 1 saturated heterocycles. The van der Waals surface area contributed by atoms with Crippen LogP contribution in [0.1, 0.15) is 48.3 Å². The zero-order valence-corrected chi connectivity index (χ0v) is 15.2. The van der Waals surface area contributed by atoms with E-state index in [0.717, 1.165) is 32.5 Å². The highest BCUT2D eigenvalue weighted by Gasteiger charge is 2.53. The third kappa shape index (κ3) is 2.41. The molecule has 0 amide bonds. The summed E-state index contributed by atoms with van der Waals surface area (Å²) in [6, 6.07) is 17.3. The number of nitrogens with zero attached hydrogens (tertiary/aromatic N) is 1. The molecule has 2 fully saturated rings. The van der Waals surface area contributed by atoms with Gasteiger partial charge in [0.15, 0.2) is 0 Å². The molecule has 3 nitrogen and oxygen atoms in total. The fourth-order valence-electron chi connectivity index (χ4n) is 5.26. The van der Waals surface area contributed by atoms with E-state index in [2.05, 4.69) is 58.7 Å². The fraction of sp³-hybridized carbons (Fsp3) is 0.435. The van der Waals surface area contributed by atoms with Gasteiger partial charge in [0.1, 0.15) is 6.29 Å². The van der Waals surface area contributed by atoms with Gasteiger partial charge in [0.2, 0.25) is 0 Å². The van der Waals surface area contributed by atoms with Gasteiger partial charge >= 0.3 is 0 Å². The first kappa shape index (κ1) is 16.1. The van der Waals surface area contributed by atoms with Gasteiger partial charge in [-0.2, -0.15) is 0 Å². The quantitative estimate of drug-likeness (QED) is 0.855. The van der Waals surface area contributed by atoms with E-state index in [9.17, 15) is 4.79 Å². The van der Waals surface area contributed by atoms with Crippen molar-refractivity contribution in [3.05, 3.63) is 65.2 Å². The molecule has 2 aliphatic heterocycles. The standard InChI is InChI=1S/C23H26N2O/c26-16-21-23(11-13-24-14-12-23)22-19(18-9-10-18)7-4-8-20(22)25(21)15-17-5-2-1-3-6-17/h1-8,16,18,21,24H,9-15H2. The van der Waals surface area contributed by atoms with Gasteiger partial charge in [-0.3, -0.25) is 0 Å². The molecular formula is C23H26N2O. The molecule has 5 rings (SSSR count). The summed E-state index contributed by atoms with van der Waals surface area (Å²) in [5, 5.41) is 3.51. The van der Waals surface area contributed by atoms with Crippen LogP contribution in [0.5, 0.6) is 0 Å². The molecule has 1 unspecified atom stereocenters. The number of rotatable bonds is 4. The van der Waals surface area contributed by atoms with E-state index in [1.54, 1.807) is 0 Å². The average Bonchev–Trinajstić information content (AvgIpc) is 3.51. The second-order valence-corrected chi connectivity index (χ2v) is 8.12. The summed E-state index contributed by atoms with van der Waals surface area (Å²) in [5.74, 6) is 0.709. The molecular weight excluding hydrogens is 320 g/mol. The molecule has 3 heteroatoms. The van der Waals surface area contributed by atoms with Crippen LogP contribution in [0.2, 0.25) is 0 Å². The average molecular weight is 346 g/mol. The lowest BCUT2D eigenvalue weighted by atomic mass is 9.68. The van der Waals surface area contributed by atoms with Gasteiger partial charge in [-0.15, -0.1) is 0 Å². The lowest BCUT2D eigenvalue weighted by Crippen LogP contribution is -2.51. The summed E-state index contributed by atoms with van der Waals surface area (Å²) < 4.78 is 0. The van der Waals surface area contributed by atoms with Crippen molar-refractivity contribution in [2.24, 2.45) is 0 Å². The van der Waals surface area contributed by atoms with Crippen molar-refractivity contribution in [2.75, 3.05) is 18.0 Å². The second kappa shape index (κ2) is 6.24. The van der Waals surface area contributed by atoms with Crippen molar-refractivity contribution >= 4 is 12.0 Å². The Morgan fingerprint density at radius 3 is 2.50 bits per heavy atom. The highest BCUT2D eigenvalue weighted by molar-refractivity contribution is 5.79. The zero-order valence-electron chi connectivity index (χ0n) is 15.2. The van der Waals surface area contributed by atoms with E-state index in [-0.39, 0.29) is 11.5 Å². The van der Waals surface area contributed by atoms with Crippen LogP contribution in [0.3, 0.4) is 0 Å². The Morgan fingerprint density at radius 1 is 1.04 bits per heavy atom. The molecule has 134 valence electrons. The summed E-state index contributed by atoms with van der Waals surface area (Å²) in [6.45, 7) is 2.81. The number of piperidine rings is 1. The van der Waals surface area contributed by atoms with E-state index in [1.807, 2.05) is 0 Å². The van der Waals surface area contributed by atoms with Crippen LogP contribution in [-0.4, -0.2) is 25.4 Å². The molecule has 3 aliphatic rings. The molecule has 1 N–H and O–H groups in total. The van der Waals surface area contributed by atoms with Crippen molar-refractivity contribution in [3.63, 3.8) is 0 Å². The number of carbonyl (C=O) groups excluding carboxylic acids is 1. The Hall–Kier alpha value is -2.13. The first-order valence-corrected chi connectivity index (χ1v) is 9.93. The minimum Gasteiger partial charge on any atom is -0.356 e. The third-order valence-corrected chi connectivity index (χ3v) is 6.62. The van der Waals surface area contributed by atoms with Gasteiger partial charge in [0.05, 0.1) is 6.04 Å². The van der Waals surface area contributed by atoms with Crippen LogP contribution in [0.25, 0.3) is 0 Å². The maximum Gasteiger partial charge on any atom is 0.143 e. The van der Waals surface area contributed by atoms with Gasteiger partial charge in [-0.25, -0.2) is 0 Å². The van der Waals surface area contributed by atoms with Gasteiger partial charge < -0.3 is 15.0 Å². The normalized spacial score (nSPS) is 23.8. The lowest BCUT2D eigenvalue weighted by Gasteiger charge is -2.40. The number of fused-ring (bicyclic) bond motifs is 2. The highest BCUT2D eigenvalue weighted by atomic mass is 16.1. The Morgan fingerprint density at radius 2 is 1.81 bits per heavy atom. The SMILES string of the molecule is O=CC1N(Cc2ccccc2)c2cccc(C3CC3)c2C12CCNCC2. The molecule has 1 atom stereocenters. The van der Waals surface area contributed by atoms with Gasteiger partial charge in [-0.05, 0) is 67.4 Å². The largest absolute Gasteiger partial charge is 0.356 e. The molecule has 1 saturated carbocycles. The summed E-state index contributed by atoms with van der Waals surface area (Å²) in [5.41, 5.74) is 5.57. The molecule has 0 bridgehead atoms. The van der Waals surface area contributed by atoms with E-state index in [0.29, 0.717) is 5.92 Å². The van der Waals surface area contributed by atoms with Crippen molar-refractivity contribution in [1.29, 1.82) is 0 Å². The second-order valence-electron chi connectivity index (χ2n) is 8.12. The number of hydrogen-bond acceptors (Lipinski definition) is 3. The maximum absolute atomic E-state index is 12.4. The Bertz CT molecular complexity index is 806. The Labute approximate surface area is 155 Å². The predicted octanol–water partition coefficient (Wildman–Crippen LogP) is 3.77. The summed E-state index contributed by atoms with van der Waals surface area (Å²) in [4.78, 5) is 14.8. The zero-order chi connectivity index (χ0) is 17.6. The van der Waals surface area contributed by atoms with Crippen LogP contribution in [-0.2, 0) is 16.8 Å². The van der Waals surface area contributed by atoms with Crippen LogP contribution in [0, 0.1) is 0 Å². The molecule has 2 aromatic rings. The lowest BCUT2D eigenvalue weighted by molar-refractivity contribution is -0.110. The number of carbonyl (C=O) groups is 1. The Kier molecular flexibility index (Phi) is 3.86. The third-order valence-electron chi connectivity index (χ3n) is 6.62. The summed E-state index contributed by atoms with van der Waals surface area (Å²) in [6.07, 6.45) is 5.94. The molecule has 1 spiro atoms. The van der Waals surface area contributed by atoms with E-state index >= 15 is 0 Å². The van der Waals surface area contributed by atoms with Crippen LogP contribution in [0.15, 0.2) is 48.5 Å². The molecule has 0 aromatic heterocycles. The maximum atomic E-state index is 12.4. The number of benzene rings is 2. The fourth-order valence-corrected chi connectivity index (χ4v) is 5.26. The predicted molar refractivity (Wildman–Crippen MR) is 105 cm³/mol. The van der Waals surface area contributed by atoms with E-state index < -0.39 is 0 Å². The monoisotopic (exact) mass is 346 g/mol. The van der Waals surface area contributed by atoms with Crippen molar-refractivity contribution in [1.82, 2.24) is 5.32 Å². The minimum absolute atomic E-state index is 0.0176. The van der Waals surface area contributed by atoms with E-state index in [4.69, 9.17) is 0 Å². The first-order chi connectivity index (χ1) is 12.8. The Balaban J connectivity index is 1.65. The minimum atomic E-state index is -0.0558. The topological polar surface area (TPSA) is 32.3 Å². The first-order valence-electron chi connectivity index (χ1n) is 9.93. The van der Waals surface area contributed by atoms with Gasteiger partial charge in [0, 0.05) is 17.6 Å². The molecule has 26 heavy (non-hydrogen) atoms. The summed E-state index contributed by atoms with van der Waals surface area (Å²) in [7, 11) is 0. The molecule has 1 aliphatic carbocycles. The molecule has 0 radical (unpaired) electrons. The van der Waals surface area contributed by atoms with Gasteiger partial charge in [0.25, 0.3) is 0 Å². The molecule has 2 aromatic carbocycles. The van der Waals surface area contributed by atoms with Gasteiger partial charge in [-0.1, -0.05) is 42.5 Å². The van der Waals surface area contributed by atoms with Crippen molar-refractivity contribution < 1.29 is 4.79 Å². The number of aldehydes is 1. The van der Waals surface area contributed by atoms with Crippen molar-refractivity contribution in [2.45, 2.75) is 49.6 Å². The highest BCUT2D eigenvalue weighted by Crippen LogP contribution is 2.55. The smallest absolute Gasteiger partial charge is 0.143 e. The van der Waals surface area contributed by atoms with Crippen molar-refractivity contribution in [3.8, 4) is 0 Å².